The van der Waals surface area contributed by atoms with Crippen LogP contribution in [0.15, 0.2) is 72.0 Å². The largest absolute Gasteiger partial charge is 0.508 e. The van der Waals surface area contributed by atoms with Crippen molar-refractivity contribution < 1.29 is 20.1 Å². The van der Waals surface area contributed by atoms with Crippen LogP contribution in [0.1, 0.15) is 36.2 Å². The molecule has 0 aliphatic rings. The summed E-state index contributed by atoms with van der Waals surface area (Å²) in [5.41, 5.74) is 5.54. The second-order valence-electron chi connectivity index (χ2n) is 5.86. The SMILES string of the molecule is COCC(=C=CC[C@@H](O)c1ccc(O)cc1)C[C@@H](O)c1ccccc1. The molecule has 0 spiro atoms. The summed E-state index contributed by atoms with van der Waals surface area (Å²) in [5.74, 6) is 0.170. The summed E-state index contributed by atoms with van der Waals surface area (Å²) in [7, 11) is 1.60. The van der Waals surface area contributed by atoms with E-state index in [1.54, 1.807) is 37.5 Å². The zero-order valence-corrected chi connectivity index (χ0v) is 14.3. The number of rotatable bonds is 8. The predicted molar refractivity (Wildman–Crippen MR) is 97.2 cm³/mol. The molecule has 2 aromatic carbocycles. The van der Waals surface area contributed by atoms with E-state index < -0.39 is 12.2 Å². The predicted octanol–water partition coefficient (Wildman–Crippen LogP) is 3.67. The van der Waals surface area contributed by atoms with Crippen LogP contribution in [-0.4, -0.2) is 29.0 Å². The lowest BCUT2D eigenvalue weighted by atomic mass is 10.0. The van der Waals surface area contributed by atoms with Crippen molar-refractivity contribution in [2.45, 2.75) is 25.0 Å². The lowest BCUT2D eigenvalue weighted by molar-refractivity contribution is 0.164. The van der Waals surface area contributed by atoms with Crippen LogP contribution in [0.25, 0.3) is 0 Å². The van der Waals surface area contributed by atoms with Gasteiger partial charge in [-0.25, -0.2) is 0 Å². The third-order valence-electron chi connectivity index (χ3n) is 3.87. The fourth-order valence-corrected chi connectivity index (χ4v) is 2.51. The normalized spacial score (nSPS) is 12.9. The Balaban J connectivity index is 2.02. The molecule has 0 radical (unpaired) electrons. The van der Waals surface area contributed by atoms with Crippen molar-refractivity contribution in [2.75, 3.05) is 13.7 Å². The molecule has 0 heterocycles. The first-order valence-corrected chi connectivity index (χ1v) is 8.22. The second-order valence-corrected chi connectivity index (χ2v) is 5.86. The number of methoxy groups -OCH3 is 1. The quantitative estimate of drug-likeness (QED) is 0.641. The number of aliphatic hydroxyl groups is 2. The van der Waals surface area contributed by atoms with Crippen molar-refractivity contribution in [3.05, 3.63) is 83.1 Å². The Morgan fingerprint density at radius 2 is 1.64 bits per heavy atom. The third kappa shape index (κ3) is 6.22. The highest BCUT2D eigenvalue weighted by Gasteiger charge is 2.10. The fourth-order valence-electron chi connectivity index (χ4n) is 2.51. The summed E-state index contributed by atoms with van der Waals surface area (Å²) in [6.07, 6.45) is 1.28. The van der Waals surface area contributed by atoms with Crippen molar-refractivity contribution in [3.8, 4) is 5.75 Å². The Bertz CT molecular complexity index is 700. The molecule has 0 amide bonds. The molecule has 2 rings (SSSR count). The summed E-state index contributed by atoms with van der Waals surface area (Å²) >= 11 is 0. The molecule has 4 nitrogen and oxygen atoms in total. The Kier molecular flexibility index (Phi) is 7.45. The van der Waals surface area contributed by atoms with E-state index in [1.807, 2.05) is 30.3 Å². The summed E-state index contributed by atoms with van der Waals surface area (Å²) in [5, 5.41) is 29.8. The van der Waals surface area contributed by atoms with Gasteiger partial charge in [-0.15, -0.1) is 5.73 Å². The highest BCUT2D eigenvalue weighted by atomic mass is 16.5. The number of phenolic OH excluding ortho intramolecular Hbond substituents is 1. The van der Waals surface area contributed by atoms with Gasteiger partial charge < -0.3 is 20.1 Å². The Hall–Kier alpha value is -2.36. The van der Waals surface area contributed by atoms with Crippen LogP contribution in [0.5, 0.6) is 5.75 Å². The van der Waals surface area contributed by atoms with Gasteiger partial charge in [-0.2, -0.15) is 0 Å². The first-order chi connectivity index (χ1) is 12.1. The minimum absolute atomic E-state index is 0.170. The summed E-state index contributed by atoms with van der Waals surface area (Å²) < 4.78 is 5.18. The van der Waals surface area contributed by atoms with Gasteiger partial charge in [-0.3, -0.25) is 0 Å². The maximum Gasteiger partial charge on any atom is 0.115 e. The van der Waals surface area contributed by atoms with Gasteiger partial charge in [0.1, 0.15) is 5.75 Å². The van der Waals surface area contributed by atoms with Crippen LogP contribution in [0, 0.1) is 0 Å². The van der Waals surface area contributed by atoms with Gasteiger partial charge in [0.25, 0.3) is 0 Å². The number of ether oxygens (including phenoxy) is 1. The molecule has 0 aliphatic heterocycles. The molecule has 0 aliphatic carbocycles. The van der Waals surface area contributed by atoms with E-state index in [2.05, 4.69) is 5.73 Å². The zero-order valence-electron chi connectivity index (χ0n) is 14.3. The lowest BCUT2D eigenvalue weighted by Crippen LogP contribution is -2.02. The molecule has 25 heavy (non-hydrogen) atoms. The van der Waals surface area contributed by atoms with Crippen molar-refractivity contribution >= 4 is 0 Å². The molecular weight excluding hydrogens is 316 g/mol. The first kappa shape index (κ1) is 19.0. The molecule has 4 heteroatoms. The minimum Gasteiger partial charge on any atom is -0.508 e. The zero-order chi connectivity index (χ0) is 18.1. The van der Waals surface area contributed by atoms with Crippen LogP contribution >= 0.6 is 0 Å². The van der Waals surface area contributed by atoms with Gasteiger partial charge in [-0.1, -0.05) is 42.5 Å². The van der Waals surface area contributed by atoms with E-state index in [-0.39, 0.29) is 5.75 Å². The van der Waals surface area contributed by atoms with Gasteiger partial charge in [-0.05, 0) is 34.9 Å². The average molecular weight is 340 g/mol. The van der Waals surface area contributed by atoms with E-state index >= 15 is 0 Å². The van der Waals surface area contributed by atoms with E-state index in [1.165, 1.54) is 0 Å². The number of hydrogen-bond acceptors (Lipinski definition) is 4. The van der Waals surface area contributed by atoms with Gasteiger partial charge in [0.05, 0.1) is 18.8 Å². The molecule has 3 N–H and O–H groups in total. The average Bonchev–Trinajstić information content (AvgIpc) is 2.63. The topological polar surface area (TPSA) is 69.9 Å². The number of phenols is 1. The molecule has 132 valence electrons. The number of hydrogen-bond donors (Lipinski definition) is 3. The van der Waals surface area contributed by atoms with E-state index in [0.29, 0.717) is 19.4 Å². The Labute approximate surface area is 148 Å². The maximum atomic E-state index is 10.3. The van der Waals surface area contributed by atoms with E-state index in [0.717, 1.165) is 16.7 Å². The van der Waals surface area contributed by atoms with Gasteiger partial charge in [0.2, 0.25) is 0 Å². The summed E-state index contributed by atoms with van der Waals surface area (Å²) in [4.78, 5) is 0. The van der Waals surface area contributed by atoms with E-state index in [9.17, 15) is 15.3 Å². The standard InChI is InChI=1S/C21H24O4/c1-25-15-16(14-21(24)17-7-3-2-4-8-17)6-5-9-20(23)18-10-12-19(22)13-11-18/h2-5,7-8,10-13,20-24H,9,14-15H2,1H3/t6?,20-,21-/m1/s1. The molecule has 0 aromatic heterocycles. The third-order valence-corrected chi connectivity index (χ3v) is 3.87. The van der Waals surface area contributed by atoms with Crippen molar-refractivity contribution in [1.29, 1.82) is 0 Å². The molecule has 2 aromatic rings. The smallest absolute Gasteiger partial charge is 0.115 e. The molecule has 0 fully saturated rings. The number of aliphatic hydroxyl groups excluding tert-OH is 2. The second kappa shape index (κ2) is 9.82. The molecular formula is C21H24O4. The van der Waals surface area contributed by atoms with Crippen LogP contribution in [0.4, 0.5) is 0 Å². The van der Waals surface area contributed by atoms with Crippen molar-refractivity contribution in [2.24, 2.45) is 0 Å². The lowest BCUT2D eigenvalue weighted by Gasteiger charge is -2.12. The molecule has 0 saturated carbocycles. The monoisotopic (exact) mass is 340 g/mol. The Morgan fingerprint density at radius 3 is 2.28 bits per heavy atom. The summed E-state index contributed by atoms with van der Waals surface area (Å²) in [6.45, 7) is 0.371. The molecule has 2 atom stereocenters. The first-order valence-electron chi connectivity index (χ1n) is 8.22. The number of benzene rings is 2. The molecule has 0 saturated heterocycles. The van der Waals surface area contributed by atoms with Crippen LogP contribution < -0.4 is 0 Å². The minimum atomic E-state index is -0.670. The molecule has 0 bridgehead atoms. The highest BCUT2D eigenvalue weighted by Crippen LogP contribution is 2.22. The Morgan fingerprint density at radius 1 is 1.00 bits per heavy atom. The van der Waals surface area contributed by atoms with Crippen LogP contribution in [0.2, 0.25) is 0 Å². The van der Waals surface area contributed by atoms with Crippen molar-refractivity contribution in [3.63, 3.8) is 0 Å². The molecule has 0 unspecified atom stereocenters. The van der Waals surface area contributed by atoms with Crippen LogP contribution in [0.3, 0.4) is 0 Å². The van der Waals surface area contributed by atoms with E-state index in [4.69, 9.17) is 4.74 Å². The van der Waals surface area contributed by atoms with Gasteiger partial charge in [0.15, 0.2) is 0 Å². The highest BCUT2D eigenvalue weighted by molar-refractivity contribution is 5.27. The summed E-state index contributed by atoms with van der Waals surface area (Å²) in [6, 6.07) is 15.9. The van der Waals surface area contributed by atoms with Gasteiger partial charge >= 0.3 is 0 Å². The fraction of sp³-hybridized carbons (Fsp3) is 0.286. The van der Waals surface area contributed by atoms with Gasteiger partial charge in [0, 0.05) is 20.0 Å². The maximum absolute atomic E-state index is 10.3. The number of aromatic hydroxyl groups is 1. The van der Waals surface area contributed by atoms with Crippen LogP contribution in [-0.2, 0) is 4.74 Å². The van der Waals surface area contributed by atoms with Crippen molar-refractivity contribution in [1.82, 2.24) is 0 Å².